The molecule has 3 aromatic rings. The summed E-state index contributed by atoms with van der Waals surface area (Å²) in [5.41, 5.74) is -1.69. The van der Waals surface area contributed by atoms with Crippen LogP contribution in [0, 0.1) is 52.4 Å². The molecule has 0 amide bonds. The normalized spacial score (nSPS) is 10.9. The summed E-state index contributed by atoms with van der Waals surface area (Å²) in [5, 5.41) is 0. The van der Waals surface area contributed by atoms with Gasteiger partial charge in [-0.1, -0.05) is 18.2 Å². The van der Waals surface area contributed by atoms with Crippen molar-refractivity contribution < 1.29 is 44.3 Å². The number of benzene rings is 3. The molecule has 31 heavy (non-hydrogen) atoms. The van der Waals surface area contributed by atoms with E-state index in [2.05, 4.69) is 5.43 Å². The van der Waals surface area contributed by atoms with Gasteiger partial charge in [-0.15, -0.1) is 0 Å². The van der Waals surface area contributed by atoms with E-state index < -0.39 is 75.0 Å². The van der Waals surface area contributed by atoms with Crippen LogP contribution in [0.2, 0.25) is 0 Å². The summed E-state index contributed by atoms with van der Waals surface area (Å²) >= 11 is 0. The SMILES string of the molecule is O=C(c1c(F)c(F)c(F)c(F)c1F)c1c(F)c(F)c(NNc2ccccc2)c(F)c1F. The highest BCUT2D eigenvalue weighted by Crippen LogP contribution is 2.32. The van der Waals surface area contributed by atoms with Crippen molar-refractivity contribution in [2.24, 2.45) is 0 Å². The van der Waals surface area contributed by atoms with Crippen molar-refractivity contribution in [3.8, 4) is 0 Å². The van der Waals surface area contributed by atoms with Crippen LogP contribution in [-0.2, 0) is 0 Å². The van der Waals surface area contributed by atoms with Gasteiger partial charge in [0, 0.05) is 0 Å². The maximum absolute atomic E-state index is 14.3. The highest BCUT2D eigenvalue weighted by molar-refractivity contribution is 6.10. The van der Waals surface area contributed by atoms with Gasteiger partial charge in [-0.05, 0) is 12.1 Å². The molecule has 0 radical (unpaired) electrons. The van der Waals surface area contributed by atoms with Crippen molar-refractivity contribution in [1.29, 1.82) is 0 Å². The highest BCUT2D eigenvalue weighted by atomic mass is 19.2. The van der Waals surface area contributed by atoms with E-state index in [9.17, 15) is 44.3 Å². The van der Waals surface area contributed by atoms with E-state index in [1.54, 1.807) is 6.07 Å². The zero-order valence-electron chi connectivity index (χ0n) is 14.7. The van der Waals surface area contributed by atoms with Crippen molar-refractivity contribution in [2.75, 3.05) is 10.9 Å². The van der Waals surface area contributed by atoms with Gasteiger partial charge in [0.15, 0.2) is 46.5 Å². The lowest BCUT2D eigenvalue weighted by Gasteiger charge is -2.15. The lowest BCUT2D eigenvalue weighted by molar-refractivity contribution is 0.101. The molecule has 0 fully saturated rings. The first-order chi connectivity index (χ1) is 14.6. The minimum Gasteiger partial charge on any atom is -0.301 e. The fourth-order valence-electron chi connectivity index (χ4n) is 2.53. The van der Waals surface area contributed by atoms with Gasteiger partial charge >= 0.3 is 0 Å². The van der Waals surface area contributed by atoms with E-state index >= 15 is 0 Å². The maximum Gasteiger partial charge on any atom is 0.205 e. The van der Waals surface area contributed by atoms with Gasteiger partial charge in [0.2, 0.25) is 11.6 Å². The third-order valence-corrected chi connectivity index (χ3v) is 4.03. The molecule has 0 saturated carbocycles. The maximum atomic E-state index is 14.3. The molecular weight excluding hydrogens is 443 g/mol. The second-order valence-corrected chi connectivity index (χ2v) is 5.90. The first-order valence-electron chi connectivity index (χ1n) is 8.07. The quantitative estimate of drug-likeness (QED) is 0.175. The molecule has 2 N–H and O–H groups in total. The first-order valence-corrected chi connectivity index (χ1v) is 8.07. The third-order valence-electron chi connectivity index (χ3n) is 4.03. The molecule has 0 heterocycles. The summed E-state index contributed by atoms with van der Waals surface area (Å²) in [6.07, 6.45) is 0. The van der Waals surface area contributed by atoms with Crippen LogP contribution in [0.5, 0.6) is 0 Å². The van der Waals surface area contributed by atoms with E-state index in [1.165, 1.54) is 24.3 Å². The summed E-state index contributed by atoms with van der Waals surface area (Å²) in [6.45, 7) is 0. The Bertz CT molecular complexity index is 1140. The Morgan fingerprint density at radius 1 is 0.516 bits per heavy atom. The second-order valence-electron chi connectivity index (χ2n) is 5.90. The van der Waals surface area contributed by atoms with Crippen LogP contribution in [0.4, 0.5) is 50.9 Å². The van der Waals surface area contributed by atoms with Gasteiger partial charge in [-0.2, -0.15) is 0 Å². The van der Waals surface area contributed by atoms with Gasteiger partial charge < -0.3 is 5.43 Å². The highest BCUT2D eigenvalue weighted by Gasteiger charge is 2.36. The number of carbonyl (C=O) groups excluding carboxylic acids is 1. The molecule has 0 bridgehead atoms. The van der Waals surface area contributed by atoms with Crippen LogP contribution in [0.15, 0.2) is 30.3 Å². The lowest BCUT2D eigenvalue weighted by Crippen LogP contribution is -2.20. The summed E-state index contributed by atoms with van der Waals surface area (Å²) in [4.78, 5) is 12.2. The zero-order chi connectivity index (χ0) is 23.0. The molecule has 0 unspecified atom stereocenters. The van der Waals surface area contributed by atoms with Gasteiger partial charge in [0.1, 0.15) is 16.8 Å². The van der Waals surface area contributed by atoms with Crippen LogP contribution < -0.4 is 10.9 Å². The summed E-state index contributed by atoms with van der Waals surface area (Å²) in [5.74, 6) is -25.0. The molecule has 3 rings (SSSR count). The number of halogens is 9. The fourth-order valence-corrected chi connectivity index (χ4v) is 2.53. The zero-order valence-corrected chi connectivity index (χ0v) is 14.7. The number of anilines is 2. The fraction of sp³-hybridized carbons (Fsp3) is 0. The molecule has 0 spiro atoms. The number of ketones is 1. The summed E-state index contributed by atoms with van der Waals surface area (Å²) in [6, 6.07) is 7.39. The van der Waals surface area contributed by atoms with Gasteiger partial charge in [-0.3, -0.25) is 10.2 Å². The molecule has 0 aromatic heterocycles. The standard InChI is InChI=1S/C19H7F9N2O/c20-9-7(10(21)14(25)15(26)13(9)24)19(31)8-11(22)16(27)18(17(28)12(8)23)30-29-6-4-2-1-3-5-6/h1-5,29-30H. The van der Waals surface area contributed by atoms with Crippen LogP contribution in [-0.4, -0.2) is 5.78 Å². The van der Waals surface area contributed by atoms with Crippen LogP contribution >= 0.6 is 0 Å². The molecule has 3 nitrogen and oxygen atoms in total. The average Bonchev–Trinajstić information content (AvgIpc) is 2.76. The topological polar surface area (TPSA) is 41.1 Å². The number of hydrazine groups is 1. The molecular formula is C19H7F9N2O. The number of rotatable bonds is 5. The minimum atomic E-state index is -2.67. The molecule has 0 aliphatic rings. The van der Waals surface area contributed by atoms with Gasteiger partial charge in [0.25, 0.3) is 0 Å². The second kappa shape index (κ2) is 8.20. The number of nitrogens with one attached hydrogen (secondary N) is 2. The predicted octanol–water partition coefficient (Wildman–Crippen LogP) is 5.61. The Balaban J connectivity index is 2.11. The Hall–Kier alpha value is -3.70. The average molecular weight is 450 g/mol. The van der Waals surface area contributed by atoms with E-state index in [-0.39, 0.29) is 5.69 Å². The Kier molecular flexibility index (Phi) is 5.82. The molecule has 0 saturated heterocycles. The molecule has 3 aromatic carbocycles. The minimum absolute atomic E-state index is 0.198. The number of hydrogen-bond donors (Lipinski definition) is 2. The Morgan fingerprint density at radius 3 is 1.35 bits per heavy atom. The molecule has 0 aliphatic heterocycles. The van der Waals surface area contributed by atoms with Crippen molar-refractivity contribution in [2.45, 2.75) is 0 Å². The predicted molar refractivity (Wildman–Crippen MR) is 89.6 cm³/mol. The molecule has 0 aliphatic carbocycles. The van der Waals surface area contributed by atoms with E-state index in [1.807, 2.05) is 5.43 Å². The summed E-state index contributed by atoms with van der Waals surface area (Å²) < 4.78 is 124. The van der Waals surface area contributed by atoms with Crippen LogP contribution in [0.25, 0.3) is 0 Å². The van der Waals surface area contributed by atoms with E-state index in [0.717, 1.165) is 0 Å². The van der Waals surface area contributed by atoms with Crippen LogP contribution in [0.3, 0.4) is 0 Å². The van der Waals surface area contributed by atoms with Crippen molar-refractivity contribution in [3.63, 3.8) is 0 Å². The Labute approximate surface area is 167 Å². The third kappa shape index (κ3) is 3.64. The number of para-hydroxylation sites is 1. The molecule has 12 heteroatoms. The smallest absolute Gasteiger partial charge is 0.205 e. The first kappa shape index (κ1) is 22.0. The largest absolute Gasteiger partial charge is 0.301 e. The molecule has 162 valence electrons. The van der Waals surface area contributed by atoms with E-state index in [4.69, 9.17) is 0 Å². The van der Waals surface area contributed by atoms with Crippen molar-refractivity contribution >= 4 is 17.2 Å². The Morgan fingerprint density at radius 2 is 0.903 bits per heavy atom. The summed E-state index contributed by atoms with van der Waals surface area (Å²) in [7, 11) is 0. The lowest BCUT2D eigenvalue weighted by atomic mass is 9.99. The van der Waals surface area contributed by atoms with Crippen molar-refractivity contribution in [1.82, 2.24) is 0 Å². The monoisotopic (exact) mass is 450 g/mol. The van der Waals surface area contributed by atoms with Gasteiger partial charge in [0.05, 0.1) is 5.69 Å². The molecule has 0 atom stereocenters. The van der Waals surface area contributed by atoms with Gasteiger partial charge in [-0.25, -0.2) is 39.5 Å². The number of hydrogen-bond acceptors (Lipinski definition) is 3. The van der Waals surface area contributed by atoms with E-state index in [0.29, 0.717) is 0 Å². The van der Waals surface area contributed by atoms with Crippen molar-refractivity contribution in [3.05, 3.63) is 93.8 Å². The van der Waals surface area contributed by atoms with Crippen LogP contribution in [0.1, 0.15) is 15.9 Å². The number of carbonyl (C=O) groups is 1.